The van der Waals surface area contributed by atoms with Gasteiger partial charge in [0.25, 0.3) is 11.8 Å². The molecule has 2 aliphatic heterocycles. The normalized spacial score (nSPS) is 20.0. The molecule has 2 saturated heterocycles. The van der Waals surface area contributed by atoms with E-state index in [-0.39, 0.29) is 5.91 Å². The van der Waals surface area contributed by atoms with E-state index in [0.29, 0.717) is 57.5 Å². The molecule has 3 aromatic rings. The Labute approximate surface area is 233 Å². The van der Waals surface area contributed by atoms with Crippen LogP contribution in [0.2, 0.25) is 15.1 Å². The van der Waals surface area contributed by atoms with E-state index in [9.17, 15) is 14.4 Å². The molecule has 0 saturated carbocycles. The molecule has 2 heterocycles. The van der Waals surface area contributed by atoms with E-state index in [4.69, 9.17) is 39.5 Å². The second-order valence-corrected chi connectivity index (χ2v) is 11.1. The molecular formula is C27H21Cl3N2O4S. The van der Waals surface area contributed by atoms with Crippen LogP contribution in [0.15, 0.2) is 71.6 Å². The van der Waals surface area contributed by atoms with Crippen LogP contribution >= 0.6 is 46.6 Å². The van der Waals surface area contributed by atoms with Crippen molar-refractivity contribution in [1.29, 1.82) is 0 Å². The quantitative estimate of drug-likeness (QED) is 0.353. The summed E-state index contributed by atoms with van der Waals surface area (Å²) in [5.41, 5.74) is 1.63. The van der Waals surface area contributed by atoms with Crippen LogP contribution in [-0.4, -0.2) is 54.1 Å². The smallest absolute Gasteiger partial charge is 0.296 e. The fourth-order valence-corrected chi connectivity index (χ4v) is 6.29. The number of rotatable bonds is 5. The molecule has 0 N–H and O–H groups in total. The van der Waals surface area contributed by atoms with E-state index in [2.05, 4.69) is 0 Å². The van der Waals surface area contributed by atoms with E-state index in [1.807, 2.05) is 0 Å². The molecular weight excluding hydrogens is 555 g/mol. The first-order valence-corrected chi connectivity index (χ1v) is 13.6. The number of halogens is 3. The Balaban J connectivity index is 1.56. The van der Waals surface area contributed by atoms with Gasteiger partial charge in [0.2, 0.25) is 5.78 Å². The summed E-state index contributed by atoms with van der Waals surface area (Å²) in [6.07, 6.45) is 0. The molecule has 2 aliphatic rings. The van der Waals surface area contributed by atoms with Crippen LogP contribution in [0.4, 0.5) is 5.69 Å². The Bertz CT molecular complexity index is 1360. The van der Waals surface area contributed by atoms with Gasteiger partial charge < -0.3 is 9.64 Å². The van der Waals surface area contributed by atoms with Gasteiger partial charge in [-0.2, -0.15) is 0 Å². The topological polar surface area (TPSA) is 66.9 Å². The van der Waals surface area contributed by atoms with Gasteiger partial charge in [0.1, 0.15) is 5.25 Å². The Morgan fingerprint density at radius 3 is 2.24 bits per heavy atom. The number of nitrogens with zero attached hydrogens (tertiary/aromatic N) is 2. The first-order chi connectivity index (χ1) is 17.8. The lowest BCUT2D eigenvalue weighted by atomic mass is 10.0. The van der Waals surface area contributed by atoms with Crippen LogP contribution in [0.5, 0.6) is 0 Å². The molecule has 2 fully saturated rings. The molecule has 6 nitrogen and oxygen atoms in total. The van der Waals surface area contributed by atoms with Gasteiger partial charge in [-0.15, -0.1) is 11.8 Å². The van der Waals surface area contributed by atoms with Crippen molar-refractivity contribution in [3.63, 3.8) is 0 Å². The molecule has 0 aliphatic carbocycles. The predicted molar refractivity (Wildman–Crippen MR) is 146 cm³/mol. The summed E-state index contributed by atoms with van der Waals surface area (Å²) in [4.78, 5) is 44.0. The maximum absolute atomic E-state index is 13.5. The van der Waals surface area contributed by atoms with Gasteiger partial charge in [0.05, 0.1) is 24.8 Å². The molecule has 5 rings (SSSR count). The fraction of sp³-hybridized carbons (Fsp3) is 0.222. The van der Waals surface area contributed by atoms with Gasteiger partial charge in [-0.3, -0.25) is 19.3 Å². The number of anilines is 1. The van der Waals surface area contributed by atoms with E-state index >= 15 is 0 Å². The first-order valence-electron chi connectivity index (χ1n) is 11.5. The minimum atomic E-state index is -0.829. The van der Waals surface area contributed by atoms with Crippen LogP contribution in [0.3, 0.4) is 0 Å². The van der Waals surface area contributed by atoms with E-state index in [1.54, 1.807) is 71.6 Å². The largest absolute Gasteiger partial charge is 0.378 e. The summed E-state index contributed by atoms with van der Waals surface area (Å²) < 4.78 is 5.38. The second kappa shape index (κ2) is 11.1. The summed E-state index contributed by atoms with van der Waals surface area (Å²) in [7, 11) is 0. The minimum Gasteiger partial charge on any atom is -0.378 e. The van der Waals surface area contributed by atoms with Crippen LogP contribution in [0.25, 0.3) is 0 Å². The summed E-state index contributed by atoms with van der Waals surface area (Å²) in [5.74, 6) is -1.40. The molecule has 2 unspecified atom stereocenters. The van der Waals surface area contributed by atoms with Gasteiger partial charge >= 0.3 is 0 Å². The van der Waals surface area contributed by atoms with Crippen molar-refractivity contribution in [2.24, 2.45) is 0 Å². The number of ether oxygens (including phenoxy) is 1. The van der Waals surface area contributed by atoms with Gasteiger partial charge in [0.15, 0.2) is 0 Å². The highest BCUT2D eigenvalue weighted by molar-refractivity contribution is 8.01. The average molecular weight is 576 g/mol. The number of ketones is 1. The zero-order chi connectivity index (χ0) is 26.1. The molecule has 2 amide bonds. The number of morpholine rings is 1. The van der Waals surface area contributed by atoms with Crippen LogP contribution in [0.1, 0.15) is 22.0 Å². The van der Waals surface area contributed by atoms with Crippen molar-refractivity contribution in [3.8, 4) is 0 Å². The zero-order valence-corrected chi connectivity index (χ0v) is 22.5. The molecule has 2 atom stereocenters. The average Bonchev–Trinajstić information content (AvgIpc) is 3.15. The number of thioether (sulfide) groups is 1. The van der Waals surface area contributed by atoms with Crippen LogP contribution in [-0.2, 0) is 14.3 Å². The Morgan fingerprint density at radius 2 is 1.54 bits per heavy atom. The van der Waals surface area contributed by atoms with Crippen molar-refractivity contribution in [3.05, 3.63) is 92.9 Å². The standard InChI is InChI=1S/C27H21Cl3N2O4S/c28-17-6-4-16(5-7-17)23-25(24(33)27(35)32(23)20-3-1-2-18(29)14-20)37-22-9-8-19(30)15-21(22)26(34)31-10-12-36-13-11-31/h1-9,14-15,23,25H,10-13H2. The lowest BCUT2D eigenvalue weighted by molar-refractivity contribution is -0.133. The van der Waals surface area contributed by atoms with Crippen molar-refractivity contribution in [1.82, 2.24) is 4.90 Å². The monoisotopic (exact) mass is 574 g/mol. The minimum absolute atomic E-state index is 0.195. The van der Waals surface area contributed by atoms with Crippen LogP contribution in [0, 0.1) is 0 Å². The number of carbonyl (C=O) groups is 3. The van der Waals surface area contributed by atoms with E-state index in [0.717, 1.165) is 5.56 Å². The summed E-state index contributed by atoms with van der Waals surface area (Å²) in [6.45, 7) is 1.84. The number of carbonyl (C=O) groups excluding carboxylic acids is 3. The first kappa shape index (κ1) is 26.1. The number of Topliss-reactive ketones (excluding diaryl/α,β-unsaturated/α-hetero) is 1. The van der Waals surface area contributed by atoms with Crippen molar-refractivity contribution in [2.75, 3.05) is 31.2 Å². The molecule has 37 heavy (non-hydrogen) atoms. The van der Waals surface area contributed by atoms with Gasteiger partial charge in [-0.1, -0.05) is 53.0 Å². The van der Waals surface area contributed by atoms with E-state index < -0.39 is 23.0 Å². The zero-order valence-electron chi connectivity index (χ0n) is 19.4. The van der Waals surface area contributed by atoms with E-state index in [1.165, 1.54) is 16.7 Å². The number of hydrogen-bond donors (Lipinski definition) is 0. The van der Waals surface area contributed by atoms with Crippen molar-refractivity contribution < 1.29 is 19.1 Å². The number of hydrogen-bond acceptors (Lipinski definition) is 5. The highest BCUT2D eigenvalue weighted by atomic mass is 35.5. The fourth-order valence-electron chi connectivity index (χ4n) is 4.50. The van der Waals surface area contributed by atoms with Crippen LogP contribution < -0.4 is 4.90 Å². The number of benzene rings is 3. The molecule has 3 aromatic carbocycles. The molecule has 0 spiro atoms. The maximum atomic E-state index is 13.5. The highest BCUT2D eigenvalue weighted by Gasteiger charge is 2.49. The molecule has 10 heteroatoms. The Hall–Kier alpha value is -2.55. The summed E-state index contributed by atoms with van der Waals surface area (Å²) >= 11 is 19.8. The molecule has 0 bridgehead atoms. The third kappa shape index (κ3) is 5.38. The molecule has 0 aromatic heterocycles. The summed E-state index contributed by atoms with van der Waals surface area (Å²) in [6, 6.07) is 18.2. The summed E-state index contributed by atoms with van der Waals surface area (Å²) in [5, 5.41) is 0.559. The lowest BCUT2D eigenvalue weighted by Crippen LogP contribution is -2.41. The lowest BCUT2D eigenvalue weighted by Gasteiger charge is -2.29. The number of amides is 2. The molecule has 190 valence electrons. The van der Waals surface area contributed by atoms with Gasteiger partial charge in [-0.25, -0.2) is 0 Å². The van der Waals surface area contributed by atoms with Gasteiger partial charge in [0, 0.05) is 38.7 Å². The van der Waals surface area contributed by atoms with Crippen molar-refractivity contribution in [2.45, 2.75) is 16.2 Å². The SMILES string of the molecule is O=C1C(=O)N(c2cccc(Cl)c2)C(c2ccc(Cl)cc2)C1Sc1ccc(Cl)cc1C(=O)N1CCOCC1. The second-order valence-electron chi connectivity index (χ2n) is 8.60. The third-order valence-corrected chi connectivity index (χ3v) is 8.33. The van der Waals surface area contributed by atoms with Crippen molar-refractivity contribution >= 4 is 69.8 Å². The highest BCUT2D eigenvalue weighted by Crippen LogP contribution is 2.45. The Morgan fingerprint density at radius 1 is 0.865 bits per heavy atom. The molecule has 0 radical (unpaired) electrons. The predicted octanol–water partition coefficient (Wildman–Crippen LogP) is 5.94. The van der Waals surface area contributed by atoms with Gasteiger partial charge in [-0.05, 0) is 54.1 Å². The maximum Gasteiger partial charge on any atom is 0.296 e. The third-order valence-electron chi connectivity index (χ3n) is 6.28. The Kier molecular flexibility index (Phi) is 7.79.